The molecule has 86 valence electrons. The minimum atomic E-state index is -0.131. The van der Waals surface area contributed by atoms with E-state index >= 15 is 0 Å². The average Bonchev–Trinajstić information content (AvgIpc) is 2.65. The van der Waals surface area contributed by atoms with Crippen molar-refractivity contribution < 1.29 is 4.79 Å². The molecule has 1 fully saturated rings. The number of alkyl halides is 1. The second-order valence-electron chi connectivity index (χ2n) is 3.89. The summed E-state index contributed by atoms with van der Waals surface area (Å²) in [6.07, 6.45) is 4.76. The fourth-order valence-electron chi connectivity index (χ4n) is 1.83. The van der Waals surface area contributed by atoms with E-state index in [1.165, 1.54) is 6.20 Å². The van der Waals surface area contributed by atoms with Crippen LogP contribution in [0.1, 0.15) is 29.8 Å². The number of hydrogen-bond donors (Lipinski definition) is 1. The maximum atomic E-state index is 11.8. The first-order valence-electron chi connectivity index (χ1n) is 5.23. The first-order chi connectivity index (χ1) is 7.66. The van der Waals surface area contributed by atoms with E-state index in [9.17, 15) is 4.79 Å². The molecule has 0 aliphatic heterocycles. The van der Waals surface area contributed by atoms with Crippen molar-refractivity contribution in [2.75, 3.05) is 0 Å². The van der Waals surface area contributed by atoms with E-state index in [0.717, 1.165) is 19.3 Å². The van der Waals surface area contributed by atoms with E-state index in [-0.39, 0.29) is 11.9 Å². The molecular formula is C11H12BrClN2O. The smallest absolute Gasteiger partial charge is 0.270 e. The number of nitrogens with zero attached hydrogens (tertiary/aromatic N) is 1. The van der Waals surface area contributed by atoms with Crippen LogP contribution in [-0.2, 0) is 0 Å². The van der Waals surface area contributed by atoms with Crippen molar-refractivity contribution in [2.45, 2.75) is 30.1 Å². The van der Waals surface area contributed by atoms with Crippen molar-refractivity contribution >= 4 is 33.4 Å². The molecule has 1 heterocycles. The van der Waals surface area contributed by atoms with Crippen LogP contribution in [0.5, 0.6) is 0 Å². The van der Waals surface area contributed by atoms with Crippen LogP contribution < -0.4 is 5.32 Å². The lowest BCUT2D eigenvalue weighted by atomic mass is 10.2. The van der Waals surface area contributed by atoms with Crippen molar-refractivity contribution in [1.82, 2.24) is 10.3 Å². The Bertz CT molecular complexity index is 382. The van der Waals surface area contributed by atoms with E-state index in [1.807, 2.05) is 0 Å². The van der Waals surface area contributed by atoms with E-state index < -0.39 is 0 Å². The first-order valence-corrected chi connectivity index (χ1v) is 6.52. The average molecular weight is 304 g/mol. The van der Waals surface area contributed by atoms with Gasteiger partial charge in [0.2, 0.25) is 0 Å². The zero-order chi connectivity index (χ0) is 11.5. The van der Waals surface area contributed by atoms with Gasteiger partial charge in [0.15, 0.2) is 0 Å². The number of rotatable bonds is 2. The van der Waals surface area contributed by atoms with Crippen LogP contribution in [0.3, 0.4) is 0 Å². The van der Waals surface area contributed by atoms with Gasteiger partial charge in [-0.05, 0) is 25.0 Å². The first kappa shape index (κ1) is 11.9. The minimum Gasteiger partial charge on any atom is -0.347 e. The predicted octanol–water partition coefficient (Wildman–Crippen LogP) is 2.78. The Morgan fingerprint density at radius 2 is 2.31 bits per heavy atom. The number of carbonyl (C=O) groups is 1. The van der Waals surface area contributed by atoms with Gasteiger partial charge in [0.25, 0.3) is 5.91 Å². The standard InChI is InChI=1S/C11H12BrClN2O/c12-8-2-1-3-9(8)15-11(16)10-5-4-7(13)6-14-10/h4-6,8-9H,1-3H2,(H,15,16). The summed E-state index contributed by atoms with van der Waals surface area (Å²) in [6.45, 7) is 0. The van der Waals surface area contributed by atoms with Gasteiger partial charge in [-0.3, -0.25) is 4.79 Å². The molecule has 1 N–H and O–H groups in total. The van der Waals surface area contributed by atoms with Crippen LogP contribution in [0.4, 0.5) is 0 Å². The zero-order valence-corrected chi connectivity index (χ0v) is 11.0. The van der Waals surface area contributed by atoms with Gasteiger partial charge < -0.3 is 5.32 Å². The molecule has 3 nitrogen and oxygen atoms in total. The second kappa shape index (κ2) is 5.15. The second-order valence-corrected chi connectivity index (χ2v) is 5.50. The Morgan fingerprint density at radius 1 is 1.50 bits per heavy atom. The molecule has 1 aromatic rings. The Hall–Kier alpha value is -0.610. The lowest BCUT2D eigenvalue weighted by molar-refractivity contribution is 0.0934. The summed E-state index contributed by atoms with van der Waals surface area (Å²) in [5, 5.41) is 3.51. The lowest BCUT2D eigenvalue weighted by Crippen LogP contribution is -2.38. The molecule has 2 rings (SSSR count). The van der Waals surface area contributed by atoms with E-state index in [4.69, 9.17) is 11.6 Å². The van der Waals surface area contributed by atoms with Gasteiger partial charge >= 0.3 is 0 Å². The van der Waals surface area contributed by atoms with Crippen molar-refractivity contribution in [1.29, 1.82) is 0 Å². The third-order valence-corrected chi connectivity index (χ3v) is 4.03. The molecule has 0 spiro atoms. The molecule has 1 amide bonds. The van der Waals surface area contributed by atoms with E-state index in [2.05, 4.69) is 26.2 Å². The summed E-state index contributed by atoms with van der Waals surface area (Å²) >= 11 is 9.27. The van der Waals surface area contributed by atoms with Gasteiger partial charge in [-0.15, -0.1) is 0 Å². The Kier molecular flexibility index (Phi) is 3.82. The van der Waals surface area contributed by atoms with Gasteiger partial charge in [0, 0.05) is 17.1 Å². The molecule has 1 saturated carbocycles. The van der Waals surface area contributed by atoms with Crippen LogP contribution in [0.2, 0.25) is 5.02 Å². The molecule has 16 heavy (non-hydrogen) atoms. The van der Waals surface area contributed by atoms with Crippen molar-refractivity contribution in [3.63, 3.8) is 0 Å². The maximum absolute atomic E-state index is 11.8. The van der Waals surface area contributed by atoms with E-state index in [0.29, 0.717) is 15.5 Å². The highest BCUT2D eigenvalue weighted by Gasteiger charge is 2.26. The third-order valence-electron chi connectivity index (χ3n) is 2.71. The summed E-state index contributed by atoms with van der Waals surface area (Å²) in [5.74, 6) is -0.131. The quantitative estimate of drug-likeness (QED) is 0.854. The molecule has 1 aromatic heterocycles. The van der Waals surface area contributed by atoms with Crippen LogP contribution >= 0.6 is 27.5 Å². The molecule has 0 saturated heterocycles. The number of pyridine rings is 1. The maximum Gasteiger partial charge on any atom is 0.270 e. The third kappa shape index (κ3) is 2.74. The zero-order valence-electron chi connectivity index (χ0n) is 8.62. The largest absolute Gasteiger partial charge is 0.347 e. The van der Waals surface area contributed by atoms with Gasteiger partial charge in [-0.25, -0.2) is 4.98 Å². The van der Waals surface area contributed by atoms with Gasteiger partial charge in [-0.1, -0.05) is 34.0 Å². The Balaban J connectivity index is 2.00. The normalized spacial score (nSPS) is 24.4. The molecule has 0 bridgehead atoms. The summed E-state index contributed by atoms with van der Waals surface area (Å²) in [5.41, 5.74) is 0.413. The molecule has 0 aromatic carbocycles. The number of carbonyl (C=O) groups excluding carboxylic acids is 1. The van der Waals surface area contributed by atoms with Crippen molar-refractivity contribution in [3.05, 3.63) is 29.0 Å². The van der Waals surface area contributed by atoms with Gasteiger partial charge in [-0.2, -0.15) is 0 Å². The summed E-state index contributed by atoms with van der Waals surface area (Å²) in [4.78, 5) is 16.2. The molecule has 5 heteroatoms. The topological polar surface area (TPSA) is 42.0 Å². The fourth-order valence-corrected chi connectivity index (χ4v) is 2.66. The molecule has 1 aliphatic carbocycles. The Labute approximate surface area is 108 Å². The van der Waals surface area contributed by atoms with E-state index in [1.54, 1.807) is 12.1 Å². The SMILES string of the molecule is O=C(NC1CCCC1Br)c1ccc(Cl)cn1. The molecule has 2 atom stereocenters. The van der Waals surface area contributed by atoms with Gasteiger partial charge in [0.1, 0.15) is 5.69 Å². The Morgan fingerprint density at radius 3 is 2.88 bits per heavy atom. The van der Waals surface area contributed by atoms with Crippen molar-refractivity contribution in [3.8, 4) is 0 Å². The summed E-state index contributed by atoms with van der Waals surface area (Å²) in [7, 11) is 0. The number of amides is 1. The fraction of sp³-hybridized carbons (Fsp3) is 0.455. The van der Waals surface area contributed by atoms with Crippen LogP contribution in [0.15, 0.2) is 18.3 Å². The van der Waals surface area contributed by atoms with Gasteiger partial charge in [0.05, 0.1) is 5.02 Å². The summed E-state index contributed by atoms with van der Waals surface area (Å²) in [6, 6.07) is 3.52. The van der Waals surface area contributed by atoms with Crippen molar-refractivity contribution in [2.24, 2.45) is 0 Å². The molecule has 0 radical (unpaired) electrons. The highest BCUT2D eigenvalue weighted by Crippen LogP contribution is 2.25. The lowest BCUT2D eigenvalue weighted by Gasteiger charge is -2.15. The summed E-state index contributed by atoms with van der Waals surface area (Å²) < 4.78 is 0. The molecule has 2 unspecified atom stereocenters. The number of halogens is 2. The number of nitrogens with one attached hydrogen (secondary N) is 1. The van der Waals surface area contributed by atoms with Crippen LogP contribution in [-0.4, -0.2) is 21.8 Å². The highest BCUT2D eigenvalue weighted by molar-refractivity contribution is 9.09. The predicted molar refractivity (Wildman–Crippen MR) is 67.1 cm³/mol. The monoisotopic (exact) mass is 302 g/mol. The molecule has 1 aliphatic rings. The molecular weight excluding hydrogens is 291 g/mol. The number of hydrogen-bond acceptors (Lipinski definition) is 2. The van der Waals surface area contributed by atoms with Crippen LogP contribution in [0, 0.1) is 0 Å². The van der Waals surface area contributed by atoms with Crippen LogP contribution in [0.25, 0.3) is 0 Å². The highest BCUT2D eigenvalue weighted by atomic mass is 79.9. The number of aromatic nitrogens is 1. The minimum absolute atomic E-state index is 0.131.